The molecule has 3 heteroatoms. The highest BCUT2D eigenvalue weighted by Crippen LogP contribution is 2.50. The Morgan fingerprint density at radius 2 is 1.93 bits per heavy atom. The molecule has 0 N–H and O–H groups in total. The van der Waals surface area contributed by atoms with E-state index >= 15 is 0 Å². The second-order valence-corrected chi connectivity index (χ2v) is 8.50. The zero-order valence-corrected chi connectivity index (χ0v) is 16.1. The van der Waals surface area contributed by atoms with E-state index in [2.05, 4.69) is 31.2 Å². The molecule has 2 aromatic rings. The standard InChI is InChI=1S/C24H27NO2/c1-17-10-11-21-20(15-17)24(12-3-2-4-13-24)16-25(21)23(26)19-9-5-7-18-8-6-14-27-22(18)19/h5,7,9-11,15H,2-4,6,8,12-14,16H2,1H3. The third kappa shape index (κ3) is 2.67. The normalized spacial score (nSPS) is 20.1. The van der Waals surface area contributed by atoms with Crippen LogP contribution in [0.5, 0.6) is 5.75 Å². The smallest absolute Gasteiger partial charge is 0.262 e. The van der Waals surface area contributed by atoms with Crippen LogP contribution in [0.1, 0.15) is 65.6 Å². The zero-order valence-electron chi connectivity index (χ0n) is 16.1. The van der Waals surface area contributed by atoms with Crippen molar-refractivity contribution in [3.63, 3.8) is 0 Å². The number of carbonyl (C=O) groups excluding carboxylic acids is 1. The molecule has 1 amide bonds. The third-order valence-electron chi connectivity index (χ3n) is 6.69. The number of amides is 1. The molecule has 0 saturated heterocycles. The van der Waals surface area contributed by atoms with E-state index < -0.39 is 0 Å². The van der Waals surface area contributed by atoms with Crippen LogP contribution in [0.2, 0.25) is 0 Å². The van der Waals surface area contributed by atoms with Crippen LogP contribution in [0.25, 0.3) is 0 Å². The molecule has 140 valence electrons. The topological polar surface area (TPSA) is 29.5 Å². The Hall–Kier alpha value is -2.29. The summed E-state index contributed by atoms with van der Waals surface area (Å²) in [5.74, 6) is 0.910. The first kappa shape index (κ1) is 16.9. The number of benzene rings is 2. The van der Waals surface area contributed by atoms with Gasteiger partial charge in [0.15, 0.2) is 0 Å². The molecule has 1 fully saturated rings. The zero-order chi connectivity index (χ0) is 18.4. The van der Waals surface area contributed by atoms with Gasteiger partial charge >= 0.3 is 0 Å². The lowest BCUT2D eigenvalue weighted by Gasteiger charge is -2.34. The molecular formula is C24H27NO2. The first-order valence-corrected chi connectivity index (χ1v) is 10.4. The van der Waals surface area contributed by atoms with Crippen LogP contribution in [-0.2, 0) is 11.8 Å². The minimum absolute atomic E-state index is 0.0984. The minimum Gasteiger partial charge on any atom is -0.492 e. The summed E-state index contributed by atoms with van der Waals surface area (Å²) >= 11 is 0. The number of ether oxygens (including phenoxy) is 1. The van der Waals surface area contributed by atoms with Crippen molar-refractivity contribution in [1.82, 2.24) is 0 Å². The summed E-state index contributed by atoms with van der Waals surface area (Å²) < 4.78 is 5.93. The number of hydrogen-bond acceptors (Lipinski definition) is 2. The van der Waals surface area contributed by atoms with Gasteiger partial charge in [-0.15, -0.1) is 0 Å². The van der Waals surface area contributed by atoms with Crippen LogP contribution < -0.4 is 9.64 Å². The summed E-state index contributed by atoms with van der Waals surface area (Å²) in [5, 5.41) is 0. The van der Waals surface area contributed by atoms with Crippen molar-refractivity contribution in [1.29, 1.82) is 0 Å². The van der Waals surface area contributed by atoms with Crippen LogP contribution in [0, 0.1) is 6.92 Å². The number of hydrogen-bond donors (Lipinski definition) is 0. The van der Waals surface area contributed by atoms with Gasteiger partial charge < -0.3 is 9.64 Å². The maximum atomic E-state index is 13.6. The van der Waals surface area contributed by atoms with Gasteiger partial charge in [-0.25, -0.2) is 0 Å². The summed E-state index contributed by atoms with van der Waals surface area (Å²) in [4.78, 5) is 15.7. The molecule has 1 spiro atoms. The molecule has 2 aromatic carbocycles. The highest BCUT2D eigenvalue weighted by molar-refractivity contribution is 6.09. The number of carbonyl (C=O) groups is 1. The maximum Gasteiger partial charge on any atom is 0.262 e. The Labute approximate surface area is 161 Å². The van der Waals surface area contributed by atoms with E-state index in [1.54, 1.807) is 0 Å². The Morgan fingerprint density at radius 3 is 2.78 bits per heavy atom. The number of para-hydroxylation sites is 1. The quantitative estimate of drug-likeness (QED) is 0.700. The van der Waals surface area contributed by atoms with Crippen molar-refractivity contribution in [3.8, 4) is 5.75 Å². The molecule has 0 radical (unpaired) electrons. The molecule has 5 rings (SSSR count). The van der Waals surface area contributed by atoms with Crippen LogP contribution in [0.4, 0.5) is 5.69 Å². The molecule has 0 unspecified atom stereocenters. The molecule has 0 bridgehead atoms. The lowest BCUT2D eigenvalue weighted by Crippen LogP contribution is -2.38. The Morgan fingerprint density at radius 1 is 1.07 bits per heavy atom. The molecule has 1 aliphatic carbocycles. The molecule has 27 heavy (non-hydrogen) atoms. The van der Waals surface area contributed by atoms with E-state index in [1.165, 1.54) is 48.8 Å². The SMILES string of the molecule is Cc1ccc2c(c1)C1(CCCCC1)CN2C(=O)c1cccc2c1OCCC2. The predicted molar refractivity (Wildman–Crippen MR) is 108 cm³/mol. The highest BCUT2D eigenvalue weighted by Gasteiger charge is 2.45. The molecule has 0 aromatic heterocycles. The van der Waals surface area contributed by atoms with Gasteiger partial charge in [0.1, 0.15) is 5.75 Å². The predicted octanol–water partition coefficient (Wildman–Crippen LogP) is 5.18. The van der Waals surface area contributed by atoms with Crippen LogP contribution in [-0.4, -0.2) is 19.1 Å². The fraction of sp³-hybridized carbons (Fsp3) is 0.458. The molecule has 3 nitrogen and oxygen atoms in total. The molecule has 0 atom stereocenters. The number of fused-ring (bicyclic) bond motifs is 3. The van der Waals surface area contributed by atoms with Crippen molar-refractivity contribution in [2.45, 2.75) is 57.3 Å². The first-order chi connectivity index (χ1) is 13.2. The number of nitrogens with zero attached hydrogens (tertiary/aromatic N) is 1. The Bertz CT molecular complexity index is 895. The van der Waals surface area contributed by atoms with Crippen molar-refractivity contribution in [3.05, 3.63) is 58.7 Å². The molecule has 2 aliphatic heterocycles. The summed E-state index contributed by atoms with van der Waals surface area (Å²) in [6.07, 6.45) is 8.25. The largest absolute Gasteiger partial charge is 0.492 e. The maximum absolute atomic E-state index is 13.6. The van der Waals surface area contributed by atoms with E-state index in [0.29, 0.717) is 6.61 Å². The van der Waals surface area contributed by atoms with Crippen molar-refractivity contribution < 1.29 is 9.53 Å². The van der Waals surface area contributed by atoms with E-state index in [9.17, 15) is 4.79 Å². The molecule has 1 saturated carbocycles. The van der Waals surface area contributed by atoms with Gasteiger partial charge in [-0.2, -0.15) is 0 Å². The molecule has 2 heterocycles. The van der Waals surface area contributed by atoms with Crippen LogP contribution in [0.3, 0.4) is 0 Å². The van der Waals surface area contributed by atoms with E-state index in [1.807, 2.05) is 17.0 Å². The van der Waals surface area contributed by atoms with E-state index in [-0.39, 0.29) is 11.3 Å². The van der Waals surface area contributed by atoms with Gasteiger partial charge in [-0.1, -0.05) is 49.1 Å². The fourth-order valence-electron chi connectivity index (χ4n) is 5.32. The minimum atomic E-state index is 0.0984. The summed E-state index contributed by atoms with van der Waals surface area (Å²) in [5.41, 5.74) is 5.83. The van der Waals surface area contributed by atoms with Gasteiger partial charge in [0.05, 0.1) is 12.2 Å². The lowest BCUT2D eigenvalue weighted by molar-refractivity contribution is 0.0977. The lowest BCUT2D eigenvalue weighted by atomic mass is 9.70. The molecule has 3 aliphatic rings. The van der Waals surface area contributed by atoms with Crippen LogP contribution in [0.15, 0.2) is 36.4 Å². The number of aryl methyl sites for hydroxylation is 2. The van der Waals surface area contributed by atoms with Gasteiger partial charge in [0.2, 0.25) is 0 Å². The van der Waals surface area contributed by atoms with Crippen molar-refractivity contribution in [2.24, 2.45) is 0 Å². The molecular weight excluding hydrogens is 334 g/mol. The summed E-state index contributed by atoms with van der Waals surface area (Å²) in [6.45, 7) is 3.67. The summed E-state index contributed by atoms with van der Waals surface area (Å²) in [7, 11) is 0. The van der Waals surface area contributed by atoms with Crippen molar-refractivity contribution >= 4 is 11.6 Å². The van der Waals surface area contributed by atoms with Crippen LogP contribution >= 0.6 is 0 Å². The first-order valence-electron chi connectivity index (χ1n) is 10.4. The fourth-order valence-corrected chi connectivity index (χ4v) is 5.32. The van der Waals surface area contributed by atoms with Gasteiger partial charge in [0.25, 0.3) is 5.91 Å². The second-order valence-electron chi connectivity index (χ2n) is 8.50. The third-order valence-corrected chi connectivity index (χ3v) is 6.69. The average Bonchev–Trinajstić information content (AvgIpc) is 3.01. The van der Waals surface area contributed by atoms with E-state index in [4.69, 9.17) is 4.74 Å². The monoisotopic (exact) mass is 361 g/mol. The van der Waals surface area contributed by atoms with Gasteiger partial charge in [-0.05, 0) is 55.9 Å². The van der Waals surface area contributed by atoms with Crippen molar-refractivity contribution in [2.75, 3.05) is 18.1 Å². The Kier molecular flexibility index (Phi) is 3.99. The van der Waals surface area contributed by atoms with Gasteiger partial charge in [-0.3, -0.25) is 4.79 Å². The second kappa shape index (κ2) is 6.40. The van der Waals surface area contributed by atoms with E-state index in [0.717, 1.165) is 36.4 Å². The summed E-state index contributed by atoms with van der Waals surface area (Å²) in [6, 6.07) is 12.6. The highest BCUT2D eigenvalue weighted by atomic mass is 16.5. The number of rotatable bonds is 1. The average molecular weight is 361 g/mol. The number of anilines is 1. The van der Waals surface area contributed by atoms with Gasteiger partial charge in [0, 0.05) is 17.6 Å². The Balaban J connectivity index is 1.58.